The Morgan fingerprint density at radius 2 is 1.86 bits per heavy atom. The van der Waals surface area contributed by atoms with Crippen LogP contribution in [0.15, 0.2) is 0 Å². The maximum atomic E-state index is 12.8. The summed E-state index contributed by atoms with van der Waals surface area (Å²) >= 11 is 0. The smallest absolute Gasteiger partial charge is 0.338 e. The minimum Gasteiger partial charge on any atom is -0.455 e. The Morgan fingerprint density at radius 3 is 2.32 bits per heavy atom. The molecule has 2 aliphatic heterocycles. The Hall–Kier alpha value is -0.473. The van der Waals surface area contributed by atoms with E-state index in [1.165, 1.54) is 0 Å². The van der Waals surface area contributed by atoms with Gasteiger partial charge in [0.2, 0.25) is 0 Å². The van der Waals surface area contributed by atoms with Crippen LogP contribution >= 0.6 is 0 Å². The second kappa shape index (κ2) is 5.01. The number of aliphatic hydroxyl groups is 2. The van der Waals surface area contributed by atoms with Gasteiger partial charge in [-0.3, -0.25) is 0 Å². The molecule has 0 aromatic heterocycles. The van der Waals surface area contributed by atoms with Crippen LogP contribution in [0, 0.1) is 0 Å². The van der Waals surface area contributed by atoms with E-state index in [1.807, 2.05) is 0 Å². The van der Waals surface area contributed by atoms with Crippen molar-refractivity contribution in [2.75, 3.05) is 6.61 Å². The molecule has 2 saturated heterocycles. The zero-order valence-corrected chi connectivity index (χ0v) is 15.5. The maximum Gasteiger partial charge on any atom is 0.338 e. The Labute approximate surface area is 132 Å². The van der Waals surface area contributed by atoms with Crippen molar-refractivity contribution < 1.29 is 29.2 Å². The lowest BCUT2D eigenvalue weighted by molar-refractivity contribution is -0.199. The van der Waals surface area contributed by atoms with Gasteiger partial charge in [0.15, 0.2) is 17.1 Å². The first kappa shape index (κ1) is 17.9. The standard InChI is InChI=1S/C15H28O6Si/c1-13(2,3)22(6,7)15-11(20-14(4,5)21-15)10(9(17)8-16)19-12(15)18/h9-11,16-17H,8H2,1-7H3/t9-,10-,11+,15-/m1/s1. The van der Waals surface area contributed by atoms with Crippen LogP contribution in [0.1, 0.15) is 34.6 Å². The highest BCUT2D eigenvalue weighted by Crippen LogP contribution is 2.55. The largest absolute Gasteiger partial charge is 0.455 e. The fourth-order valence-electron chi connectivity index (χ4n) is 3.27. The van der Waals surface area contributed by atoms with Crippen LogP contribution in [-0.4, -0.2) is 60.2 Å². The molecule has 2 fully saturated rings. The molecule has 2 N–H and O–H groups in total. The molecule has 4 atom stereocenters. The lowest BCUT2D eigenvalue weighted by Crippen LogP contribution is -2.67. The Bertz CT molecular complexity index is 469. The predicted molar refractivity (Wildman–Crippen MR) is 82.9 cm³/mol. The number of rotatable bonds is 3. The highest BCUT2D eigenvalue weighted by Gasteiger charge is 2.76. The summed E-state index contributed by atoms with van der Waals surface area (Å²) in [7, 11) is -2.39. The summed E-state index contributed by atoms with van der Waals surface area (Å²) in [5.74, 6) is -1.42. The van der Waals surface area contributed by atoms with E-state index < -0.39 is 50.0 Å². The van der Waals surface area contributed by atoms with Gasteiger partial charge in [0.25, 0.3) is 0 Å². The number of carbonyl (C=O) groups excluding carboxylic acids is 1. The summed E-state index contributed by atoms with van der Waals surface area (Å²) in [6.45, 7) is 13.4. The lowest BCUT2D eigenvalue weighted by atomic mass is 10.1. The second-order valence-electron chi connectivity index (χ2n) is 8.27. The van der Waals surface area contributed by atoms with Crippen LogP contribution in [0.2, 0.25) is 18.1 Å². The van der Waals surface area contributed by atoms with Gasteiger partial charge in [-0.15, -0.1) is 0 Å². The maximum absolute atomic E-state index is 12.8. The summed E-state index contributed by atoms with van der Waals surface area (Å²) in [6, 6.07) is 0. The molecular weight excluding hydrogens is 304 g/mol. The minimum absolute atomic E-state index is 0.146. The van der Waals surface area contributed by atoms with Crippen molar-refractivity contribution in [3.8, 4) is 0 Å². The summed E-state index contributed by atoms with van der Waals surface area (Å²) in [6.07, 6.45) is -2.80. The fraction of sp³-hybridized carbons (Fsp3) is 0.933. The summed E-state index contributed by atoms with van der Waals surface area (Å²) in [5, 5.41) is 17.9. The molecule has 0 unspecified atom stereocenters. The molecule has 0 radical (unpaired) electrons. The molecule has 0 amide bonds. The number of fused-ring (bicyclic) bond motifs is 1. The monoisotopic (exact) mass is 332 g/mol. The van der Waals surface area contributed by atoms with E-state index in [-0.39, 0.29) is 5.04 Å². The van der Waals surface area contributed by atoms with Crippen molar-refractivity contribution >= 4 is 14.0 Å². The highest BCUT2D eigenvalue weighted by atomic mass is 28.3. The quantitative estimate of drug-likeness (QED) is 0.597. The van der Waals surface area contributed by atoms with Crippen LogP contribution in [0.4, 0.5) is 0 Å². The van der Waals surface area contributed by atoms with Crippen molar-refractivity contribution in [3.05, 3.63) is 0 Å². The number of hydrogen-bond acceptors (Lipinski definition) is 6. The van der Waals surface area contributed by atoms with Gasteiger partial charge in [-0.1, -0.05) is 33.9 Å². The van der Waals surface area contributed by atoms with E-state index in [0.717, 1.165) is 0 Å². The van der Waals surface area contributed by atoms with E-state index in [2.05, 4.69) is 33.9 Å². The first-order valence-corrected chi connectivity index (χ1v) is 10.7. The van der Waals surface area contributed by atoms with E-state index in [1.54, 1.807) is 13.8 Å². The van der Waals surface area contributed by atoms with Crippen LogP contribution in [0.3, 0.4) is 0 Å². The molecule has 0 spiro atoms. The minimum atomic E-state index is -2.39. The second-order valence-corrected chi connectivity index (χ2v) is 13.8. The number of hydrogen-bond donors (Lipinski definition) is 2. The molecule has 22 heavy (non-hydrogen) atoms. The van der Waals surface area contributed by atoms with Gasteiger partial charge < -0.3 is 24.4 Å². The van der Waals surface area contributed by atoms with Crippen LogP contribution in [0.25, 0.3) is 0 Å². The van der Waals surface area contributed by atoms with Gasteiger partial charge in [0.1, 0.15) is 20.3 Å². The van der Waals surface area contributed by atoms with Crippen molar-refractivity contribution in [2.24, 2.45) is 0 Å². The fourth-order valence-corrected chi connectivity index (χ4v) is 6.39. The molecular formula is C15H28O6Si. The van der Waals surface area contributed by atoms with Gasteiger partial charge in [0, 0.05) is 0 Å². The average Bonchev–Trinajstić information content (AvgIpc) is 2.79. The van der Waals surface area contributed by atoms with Gasteiger partial charge in [-0.25, -0.2) is 4.79 Å². The van der Waals surface area contributed by atoms with Crippen molar-refractivity contribution in [2.45, 2.75) is 82.1 Å². The average molecular weight is 332 g/mol. The highest BCUT2D eigenvalue weighted by molar-refractivity contribution is 6.86. The molecule has 2 rings (SSSR count). The van der Waals surface area contributed by atoms with Crippen molar-refractivity contribution in [1.29, 1.82) is 0 Å². The zero-order valence-electron chi connectivity index (χ0n) is 14.5. The summed E-state index contributed by atoms with van der Waals surface area (Å²) in [4.78, 5) is 12.8. The van der Waals surface area contributed by atoms with Crippen molar-refractivity contribution in [1.82, 2.24) is 0 Å². The molecule has 0 bridgehead atoms. The Balaban J connectivity index is 2.57. The van der Waals surface area contributed by atoms with Crippen molar-refractivity contribution in [3.63, 3.8) is 0 Å². The molecule has 0 aliphatic carbocycles. The van der Waals surface area contributed by atoms with Gasteiger partial charge in [0.05, 0.1) is 6.61 Å². The molecule has 128 valence electrons. The molecule has 0 aromatic rings. The normalized spacial score (nSPS) is 36.1. The predicted octanol–water partition coefficient (Wildman–Crippen LogP) is 1.20. The number of carbonyl (C=O) groups is 1. The number of esters is 1. The topological polar surface area (TPSA) is 85.2 Å². The molecule has 0 saturated carbocycles. The van der Waals surface area contributed by atoms with Gasteiger partial charge in [-0.2, -0.15) is 0 Å². The molecule has 2 aliphatic rings. The van der Waals surface area contributed by atoms with Gasteiger partial charge in [-0.05, 0) is 18.9 Å². The summed E-state index contributed by atoms with van der Waals surface area (Å²) in [5.41, 5.74) is 0. The molecule has 7 heteroatoms. The Morgan fingerprint density at radius 1 is 1.32 bits per heavy atom. The number of cyclic esters (lactones) is 1. The third kappa shape index (κ3) is 2.25. The number of ether oxygens (including phenoxy) is 3. The SMILES string of the molecule is CC1(C)O[C@H]2[C@@H]([C@H](O)CO)OC(=O)[C@@]2([Si](C)(C)C(C)(C)C)O1. The van der Waals surface area contributed by atoms with E-state index in [9.17, 15) is 15.0 Å². The van der Waals surface area contributed by atoms with E-state index in [0.29, 0.717) is 0 Å². The summed E-state index contributed by atoms with van der Waals surface area (Å²) < 4.78 is 17.5. The first-order chi connectivity index (χ1) is 9.80. The van der Waals surface area contributed by atoms with E-state index >= 15 is 0 Å². The zero-order chi connectivity index (χ0) is 17.1. The van der Waals surface area contributed by atoms with Gasteiger partial charge >= 0.3 is 5.97 Å². The first-order valence-electron chi connectivity index (χ1n) is 7.68. The van der Waals surface area contributed by atoms with Crippen LogP contribution in [0.5, 0.6) is 0 Å². The Kier molecular flexibility index (Phi) is 4.07. The third-order valence-electron chi connectivity index (χ3n) is 5.43. The third-order valence-corrected chi connectivity index (χ3v) is 11.6. The van der Waals surface area contributed by atoms with Crippen LogP contribution in [-0.2, 0) is 19.0 Å². The molecule has 2 heterocycles. The van der Waals surface area contributed by atoms with Crippen LogP contribution < -0.4 is 0 Å². The number of aliphatic hydroxyl groups excluding tert-OH is 2. The lowest BCUT2D eigenvalue weighted by Gasteiger charge is -2.46. The molecule has 6 nitrogen and oxygen atoms in total. The van der Waals surface area contributed by atoms with E-state index in [4.69, 9.17) is 14.2 Å². The molecule has 0 aromatic carbocycles.